The number of rotatable bonds is 5. The van der Waals surface area contributed by atoms with Gasteiger partial charge < -0.3 is 15.2 Å². The zero-order valence-electron chi connectivity index (χ0n) is 11.3. The Kier molecular flexibility index (Phi) is 3.47. The SMILES string of the molecule is CCCC(N)c1nc(Cc2nc3ccccc3[nH]2)no1. The molecule has 0 aliphatic carbocycles. The molecule has 0 aliphatic heterocycles. The molecule has 2 aromatic heterocycles. The third-order valence-electron chi connectivity index (χ3n) is 3.16. The van der Waals surface area contributed by atoms with Crippen molar-refractivity contribution in [2.75, 3.05) is 0 Å². The van der Waals surface area contributed by atoms with Gasteiger partial charge in [-0.15, -0.1) is 0 Å². The molecule has 1 atom stereocenters. The average molecular weight is 271 g/mol. The predicted molar refractivity (Wildman–Crippen MR) is 75.0 cm³/mol. The lowest BCUT2D eigenvalue weighted by molar-refractivity contribution is 0.344. The van der Waals surface area contributed by atoms with Crippen LogP contribution in [0.2, 0.25) is 0 Å². The molecule has 2 heterocycles. The van der Waals surface area contributed by atoms with Gasteiger partial charge >= 0.3 is 0 Å². The molecule has 3 rings (SSSR count). The standard InChI is InChI=1S/C14H17N5O/c1-2-5-9(15)14-18-13(19-20-14)8-12-16-10-6-3-4-7-11(10)17-12/h3-4,6-7,9H,2,5,8,15H2,1H3,(H,16,17). The van der Waals surface area contributed by atoms with Crippen LogP contribution in [0.5, 0.6) is 0 Å². The van der Waals surface area contributed by atoms with E-state index < -0.39 is 0 Å². The summed E-state index contributed by atoms with van der Waals surface area (Å²) in [6.07, 6.45) is 2.34. The summed E-state index contributed by atoms with van der Waals surface area (Å²) < 4.78 is 5.20. The van der Waals surface area contributed by atoms with E-state index in [1.807, 2.05) is 24.3 Å². The molecule has 3 aromatic rings. The van der Waals surface area contributed by atoms with Crippen molar-refractivity contribution in [1.29, 1.82) is 0 Å². The third-order valence-corrected chi connectivity index (χ3v) is 3.16. The molecule has 1 unspecified atom stereocenters. The molecular formula is C14H17N5O. The van der Waals surface area contributed by atoms with Gasteiger partial charge in [0, 0.05) is 0 Å². The first kappa shape index (κ1) is 12.8. The van der Waals surface area contributed by atoms with Crippen molar-refractivity contribution in [2.45, 2.75) is 32.2 Å². The minimum atomic E-state index is -0.183. The summed E-state index contributed by atoms with van der Waals surface area (Å²) >= 11 is 0. The maximum atomic E-state index is 5.95. The number of hydrogen-bond donors (Lipinski definition) is 2. The van der Waals surface area contributed by atoms with E-state index in [-0.39, 0.29) is 6.04 Å². The molecule has 104 valence electrons. The zero-order chi connectivity index (χ0) is 13.9. The average Bonchev–Trinajstić information content (AvgIpc) is 3.05. The van der Waals surface area contributed by atoms with E-state index in [0.29, 0.717) is 18.1 Å². The van der Waals surface area contributed by atoms with E-state index in [0.717, 1.165) is 29.7 Å². The number of para-hydroxylation sites is 2. The molecule has 0 fully saturated rings. The lowest BCUT2D eigenvalue weighted by Gasteiger charge is -2.01. The first-order valence-corrected chi connectivity index (χ1v) is 6.78. The van der Waals surface area contributed by atoms with Gasteiger partial charge in [0.1, 0.15) is 5.82 Å². The second-order valence-electron chi connectivity index (χ2n) is 4.82. The van der Waals surface area contributed by atoms with Crippen molar-refractivity contribution < 1.29 is 4.52 Å². The lowest BCUT2D eigenvalue weighted by Crippen LogP contribution is -2.10. The molecule has 0 spiro atoms. The van der Waals surface area contributed by atoms with Crippen LogP contribution in [0.3, 0.4) is 0 Å². The van der Waals surface area contributed by atoms with Crippen LogP contribution in [0, 0.1) is 0 Å². The normalized spacial score (nSPS) is 12.9. The fourth-order valence-corrected chi connectivity index (χ4v) is 2.16. The van der Waals surface area contributed by atoms with Crippen LogP contribution in [0.25, 0.3) is 11.0 Å². The van der Waals surface area contributed by atoms with Crippen LogP contribution >= 0.6 is 0 Å². The van der Waals surface area contributed by atoms with Crippen LogP contribution in [-0.2, 0) is 6.42 Å². The van der Waals surface area contributed by atoms with Crippen LogP contribution in [0.4, 0.5) is 0 Å². The van der Waals surface area contributed by atoms with E-state index in [9.17, 15) is 0 Å². The summed E-state index contributed by atoms with van der Waals surface area (Å²) in [6, 6.07) is 7.71. The number of H-pyrrole nitrogens is 1. The Morgan fingerprint density at radius 3 is 2.95 bits per heavy atom. The van der Waals surface area contributed by atoms with E-state index in [4.69, 9.17) is 10.3 Å². The molecule has 0 saturated heterocycles. The summed E-state index contributed by atoms with van der Waals surface area (Å²) in [5, 5.41) is 3.96. The van der Waals surface area contributed by atoms with Crippen molar-refractivity contribution in [3.05, 3.63) is 41.8 Å². The Balaban J connectivity index is 1.77. The van der Waals surface area contributed by atoms with Gasteiger partial charge in [0.25, 0.3) is 0 Å². The summed E-state index contributed by atoms with van der Waals surface area (Å²) in [5.41, 5.74) is 7.90. The van der Waals surface area contributed by atoms with E-state index in [1.165, 1.54) is 0 Å². The van der Waals surface area contributed by atoms with Gasteiger partial charge in [-0.3, -0.25) is 0 Å². The summed E-state index contributed by atoms with van der Waals surface area (Å²) in [4.78, 5) is 12.1. The topological polar surface area (TPSA) is 93.6 Å². The first-order chi connectivity index (χ1) is 9.76. The molecule has 0 aliphatic rings. The number of nitrogens with two attached hydrogens (primary N) is 1. The maximum absolute atomic E-state index is 5.95. The number of nitrogens with zero attached hydrogens (tertiary/aromatic N) is 3. The number of nitrogens with one attached hydrogen (secondary N) is 1. The van der Waals surface area contributed by atoms with Gasteiger partial charge in [0.2, 0.25) is 5.89 Å². The Morgan fingerprint density at radius 2 is 2.15 bits per heavy atom. The van der Waals surface area contributed by atoms with Crippen molar-refractivity contribution in [3.63, 3.8) is 0 Å². The highest BCUT2D eigenvalue weighted by Gasteiger charge is 2.15. The Bertz CT molecular complexity index is 669. The number of hydrogen-bond acceptors (Lipinski definition) is 5. The van der Waals surface area contributed by atoms with Crippen LogP contribution in [0.15, 0.2) is 28.8 Å². The number of benzene rings is 1. The lowest BCUT2D eigenvalue weighted by atomic mass is 10.2. The number of fused-ring (bicyclic) bond motifs is 1. The van der Waals surface area contributed by atoms with Crippen LogP contribution < -0.4 is 5.73 Å². The molecule has 6 heteroatoms. The minimum absolute atomic E-state index is 0.183. The molecule has 0 saturated carbocycles. The van der Waals surface area contributed by atoms with Gasteiger partial charge in [-0.1, -0.05) is 30.6 Å². The van der Waals surface area contributed by atoms with Gasteiger partial charge in [0.05, 0.1) is 23.5 Å². The van der Waals surface area contributed by atoms with Gasteiger partial charge in [0.15, 0.2) is 5.82 Å². The summed E-state index contributed by atoms with van der Waals surface area (Å²) in [5.74, 6) is 1.92. The van der Waals surface area contributed by atoms with Crippen molar-refractivity contribution in [1.82, 2.24) is 20.1 Å². The quantitative estimate of drug-likeness (QED) is 0.742. The van der Waals surface area contributed by atoms with Gasteiger partial charge in [-0.2, -0.15) is 4.98 Å². The highest BCUT2D eigenvalue weighted by molar-refractivity contribution is 5.74. The van der Waals surface area contributed by atoms with E-state index in [1.54, 1.807) is 0 Å². The molecule has 0 radical (unpaired) electrons. The monoisotopic (exact) mass is 271 g/mol. The highest BCUT2D eigenvalue weighted by atomic mass is 16.5. The van der Waals surface area contributed by atoms with Gasteiger partial charge in [-0.05, 0) is 18.6 Å². The fraction of sp³-hybridized carbons (Fsp3) is 0.357. The predicted octanol–water partition coefficient (Wildman–Crippen LogP) is 2.34. The first-order valence-electron chi connectivity index (χ1n) is 6.78. The number of imidazole rings is 1. The molecule has 3 N–H and O–H groups in total. The zero-order valence-corrected chi connectivity index (χ0v) is 11.3. The second kappa shape index (κ2) is 5.42. The molecule has 0 amide bonds. The molecular weight excluding hydrogens is 254 g/mol. The smallest absolute Gasteiger partial charge is 0.243 e. The minimum Gasteiger partial charge on any atom is -0.342 e. The van der Waals surface area contributed by atoms with E-state index >= 15 is 0 Å². The number of aromatic nitrogens is 4. The molecule has 1 aromatic carbocycles. The second-order valence-corrected chi connectivity index (χ2v) is 4.82. The Labute approximate surface area is 116 Å². The summed E-state index contributed by atoms with van der Waals surface area (Å²) in [6.45, 7) is 2.07. The largest absolute Gasteiger partial charge is 0.342 e. The maximum Gasteiger partial charge on any atom is 0.243 e. The highest BCUT2D eigenvalue weighted by Crippen LogP contribution is 2.15. The van der Waals surface area contributed by atoms with E-state index in [2.05, 4.69) is 27.0 Å². The fourth-order valence-electron chi connectivity index (χ4n) is 2.16. The van der Waals surface area contributed by atoms with Crippen LogP contribution in [0.1, 0.15) is 43.3 Å². The van der Waals surface area contributed by atoms with Crippen molar-refractivity contribution in [2.24, 2.45) is 5.73 Å². The van der Waals surface area contributed by atoms with Crippen molar-refractivity contribution in [3.8, 4) is 0 Å². The van der Waals surface area contributed by atoms with Crippen molar-refractivity contribution >= 4 is 11.0 Å². The molecule has 0 bridgehead atoms. The Morgan fingerprint density at radius 1 is 1.30 bits per heavy atom. The third kappa shape index (κ3) is 2.55. The molecule has 20 heavy (non-hydrogen) atoms. The summed E-state index contributed by atoms with van der Waals surface area (Å²) in [7, 11) is 0. The molecule has 6 nitrogen and oxygen atoms in total. The Hall–Kier alpha value is -2.21. The van der Waals surface area contributed by atoms with Crippen LogP contribution in [-0.4, -0.2) is 20.1 Å². The van der Waals surface area contributed by atoms with Gasteiger partial charge in [-0.25, -0.2) is 4.98 Å². The number of aromatic amines is 1.